The zero-order chi connectivity index (χ0) is 8.43. The van der Waals surface area contributed by atoms with Crippen molar-refractivity contribution in [1.82, 2.24) is 0 Å². The number of benzene rings is 1. The standard InChI is InChI=1S/C8H9ClOS/c1-5(11)6-2-3-8(10)7(9)4-6/h2-5,10-11H,1H3. The fourth-order valence-corrected chi connectivity index (χ4v) is 1.13. The lowest BCUT2D eigenvalue weighted by Gasteiger charge is -2.04. The largest absolute Gasteiger partial charge is 0.506 e. The van der Waals surface area contributed by atoms with Crippen molar-refractivity contribution in [2.45, 2.75) is 12.2 Å². The van der Waals surface area contributed by atoms with Crippen LogP contribution in [0, 0.1) is 0 Å². The number of rotatable bonds is 1. The molecule has 3 heteroatoms. The molecule has 1 aromatic carbocycles. The van der Waals surface area contributed by atoms with E-state index in [-0.39, 0.29) is 11.0 Å². The van der Waals surface area contributed by atoms with E-state index in [1.165, 1.54) is 0 Å². The first kappa shape index (κ1) is 8.75. The normalized spacial score (nSPS) is 13.0. The first-order chi connectivity index (χ1) is 5.11. The highest BCUT2D eigenvalue weighted by atomic mass is 35.5. The Morgan fingerprint density at radius 3 is 2.64 bits per heavy atom. The maximum absolute atomic E-state index is 9.07. The molecule has 0 radical (unpaired) electrons. The van der Waals surface area contributed by atoms with Gasteiger partial charge in [-0.15, -0.1) is 0 Å². The van der Waals surface area contributed by atoms with Crippen LogP contribution in [-0.4, -0.2) is 5.11 Å². The Morgan fingerprint density at radius 2 is 2.18 bits per heavy atom. The van der Waals surface area contributed by atoms with Gasteiger partial charge in [-0.25, -0.2) is 0 Å². The maximum Gasteiger partial charge on any atom is 0.134 e. The highest BCUT2D eigenvalue weighted by Crippen LogP contribution is 2.28. The lowest BCUT2D eigenvalue weighted by molar-refractivity contribution is 0.475. The van der Waals surface area contributed by atoms with Gasteiger partial charge in [0.05, 0.1) is 5.02 Å². The van der Waals surface area contributed by atoms with Gasteiger partial charge in [-0.1, -0.05) is 17.7 Å². The Labute approximate surface area is 76.4 Å². The minimum Gasteiger partial charge on any atom is -0.506 e. The number of halogens is 1. The van der Waals surface area contributed by atoms with Crippen molar-refractivity contribution in [3.05, 3.63) is 28.8 Å². The molecular weight excluding hydrogens is 180 g/mol. The molecule has 0 aromatic heterocycles. The van der Waals surface area contributed by atoms with E-state index in [9.17, 15) is 0 Å². The van der Waals surface area contributed by atoms with Crippen molar-refractivity contribution >= 4 is 24.2 Å². The summed E-state index contributed by atoms with van der Waals surface area (Å²) in [6.45, 7) is 1.95. The van der Waals surface area contributed by atoms with Gasteiger partial charge in [0.1, 0.15) is 5.75 Å². The Morgan fingerprint density at radius 1 is 1.55 bits per heavy atom. The Hall–Kier alpha value is -0.340. The van der Waals surface area contributed by atoms with Crippen LogP contribution in [0.4, 0.5) is 0 Å². The Balaban J connectivity index is 3.05. The van der Waals surface area contributed by atoms with Crippen molar-refractivity contribution in [2.75, 3.05) is 0 Å². The first-order valence-electron chi connectivity index (χ1n) is 3.27. The summed E-state index contributed by atoms with van der Waals surface area (Å²) >= 11 is 9.90. The van der Waals surface area contributed by atoms with E-state index in [1.807, 2.05) is 6.92 Å². The number of aromatic hydroxyl groups is 1. The highest BCUT2D eigenvalue weighted by molar-refractivity contribution is 7.80. The van der Waals surface area contributed by atoms with Gasteiger partial charge in [0.15, 0.2) is 0 Å². The SMILES string of the molecule is CC(S)c1ccc(O)c(Cl)c1. The van der Waals surface area contributed by atoms with E-state index in [4.69, 9.17) is 16.7 Å². The van der Waals surface area contributed by atoms with Crippen LogP contribution < -0.4 is 0 Å². The maximum atomic E-state index is 9.07. The zero-order valence-electron chi connectivity index (χ0n) is 6.08. The molecule has 0 heterocycles. The topological polar surface area (TPSA) is 20.2 Å². The third-order valence-electron chi connectivity index (χ3n) is 1.45. The number of hydrogen-bond acceptors (Lipinski definition) is 2. The molecule has 1 unspecified atom stereocenters. The van der Waals surface area contributed by atoms with Crippen molar-refractivity contribution in [3.8, 4) is 5.75 Å². The number of hydrogen-bond donors (Lipinski definition) is 2. The lowest BCUT2D eigenvalue weighted by atomic mass is 10.1. The first-order valence-corrected chi connectivity index (χ1v) is 4.17. The van der Waals surface area contributed by atoms with Crippen LogP contribution in [0.3, 0.4) is 0 Å². The molecule has 0 saturated heterocycles. The minimum atomic E-state index is 0.115. The molecule has 1 nitrogen and oxygen atoms in total. The molecule has 0 bridgehead atoms. The molecule has 0 aliphatic heterocycles. The average Bonchev–Trinajstić information content (AvgIpc) is 1.94. The molecule has 60 valence electrons. The van der Waals surface area contributed by atoms with Gasteiger partial charge in [0.2, 0.25) is 0 Å². The van der Waals surface area contributed by atoms with Crippen molar-refractivity contribution < 1.29 is 5.11 Å². The lowest BCUT2D eigenvalue weighted by Crippen LogP contribution is -1.82. The van der Waals surface area contributed by atoms with E-state index in [0.717, 1.165) is 5.56 Å². The van der Waals surface area contributed by atoms with Gasteiger partial charge in [0, 0.05) is 5.25 Å². The average molecular weight is 189 g/mol. The summed E-state index contributed by atoms with van der Waals surface area (Å²) in [5.74, 6) is 0.115. The van der Waals surface area contributed by atoms with Crippen molar-refractivity contribution in [3.63, 3.8) is 0 Å². The minimum absolute atomic E-state index is 0.115. The number of phenols is 1. The highest BCUT2D eigenvalue weighted by Gasteiger charge is 2.02. The van der Waals surface area contributed by atoms with Crippen LogP contribution in [0.5, 0.6) is 5.75 Å². The molecule has 0 aliphatic carbocycles. The van der Waals surface area contributed by atoms with Crippen molar-refractivity contribution in [1.29, 1.82) is 0 Å². The quantitative estimate of drug-likeness (QED) is 0.650. The second kappa shape index (κ2) is 3.37. The van der Waals surface area contributed by atoms with Gasteiger partial charge in [-0.2, -0.15) is 12.6 Å². The zero-order valence-corrected chi connectivity index (χ0v) is 7.73. The van der Waals surface area contributed by atoms with Crippen LogP contribution in [0.25, 0.3) is 0 Å². The van der Waals surface area contributed by atoms with Gasteiger partial charge >= 0.3 is 0 Å². The molecule has 0 saturated carbocycles. The van der Waals surface area contributed by atoms with E-state index >= 15 is 0 Å². The fourth-order valence-electron chi connectivity index (χ4n) is 0.783. The van der Waals surface area contributed by atoms with Crippen LogP contribution >= 0.6 is 24.2 Å². The Kier molecular flexibility index (Phi) is 2.68. The van der Waals surface area contributed by atoms with Crippen LogP contribution in [0.2, 0.25) is 5.02 Å². The fraction of sp³-hybridized carbons (Fsp3) is 0.250. The second-order valence-electron chi connectivity index (χ2n) is 2.39. The molecule has 1 aromatic rings. The third-order valence-corrected chi connectivity index (χ3v) is 2.06. The van der Waals surface area contributed by atoms with Gasteiger partial charge in [-0.05, 0) is 24.6 Å². The van der Waals surface area contributed by atoms with Crippen LogP contribution in [0.1, 0.15) is 17.7 Å². The summed E-state index contributed by atoms with van der Waals surface area (Å²) in [5.41, 5.74) is 1.01. The summed E-state index contributed by atoms with van der Waals surface area (Å²) in [6.07, 6.45) is 0. The summed E-state index contributed by atoms with van der Waals surface area (Å²) < 4.78 is 0. The van der Waals surface area contributed by atoms with Gasteiger partial charge in [-0.3, -0.25) is 0 Å². The molecule has 1 N–H and O–H groups in total. The molecular formula is C8H9ClOS. The van der Waals surface area contributed by atoms with E-state index in [1.54, 1.807) is 18.2 Å². The molecule has 0 amide bonds. The van der Waals surface area contributed by atoms with Crippen LogP contribution in [0.15, 0.2) is 18.2 Å². The Bertz CT molecular complexity index is 260. The summed E-state index contributed by atoms with van der Waals surface area (Å²) in [6, 6.07) is 5.10. The smallest absolute Gasteiger partial charge is 0.134 e. The van der Waals surface area contributed by atoms with Crippen LogP contribution in [-0.2, 0) is 0 Å². The summed E-state index contributed by atoms with van der Waals surface area (Å²) in [7, 11) is 0. The third kappa shape index (κ3) is 2.04. The van der Waals surface area contributed by atoms with E-state index in [0.29, 0.717) is 5.02 Å². The van der Waals surface area contributed by atoms with Gasteiger partial charge in [0.25, 0.3) is 0 Å². The molecule has 1 rings (SSSR count). The predicted molar refractivity (Wildman–Crippen MR) is 50.5 cm³/mol. The summed E-state index contributed by atoms with van der Waals surface area (Å²) in [4.78, 5) is 0. The second-order valence-corrected chi connectivity index (χ2v) is 3.57. The molecule has 11 heavy (non-hydrogen) atoms. The monoisotopic (exact) mass is 188 g/mol. The van der Waals surface area contributed by atoms with Gasteiger partial charge < -0.3 is 5.11 Å². The van der Waals surface area contributed by atoms with Crippen molar-refractivity contribution in [2.24, 2.45) is 0 Å². The number of thiol groups is 1. The predicted octanol–water partition coefficient (Wildman–Crippen LogP) is 3.04. The van der Waals surface area contributed by atoms with E-state index in [2.05, 4.69) is 12.6 Å². The molecule has 1 atom stereocenters. The molecule has 0 aliphatic rings. The molecule has 0 fully saturated rings. The molecule has 0 spiro atoms. The summed E-state index contributed by atoms with van der Waals surface area (Å²) in [5, 5.41) is 9.59. The van der Waals surface area contributed by atoms with E-state index < -0.39 is 0 Å². The number of phenolic OH excluding ortho intramolecular Hbond substituents is 1.